The Balaban J connectivity index is 1.37. The monoisotopic (exact) mass is 543 g/mol. The Bertz CT molecular complexity index is 1700. The maximum Gasteiger partial charge on any atom is 0.335 e. The van der Waals surface area contributed by atoms with Crippen molar-refractivity contribution < 1.29 is 28.2 Å². The molecule has 3 aromatic carbocycles. The summed E-state index contributed by atoms with van der Waals surface area (Å²) < 4.78 is 42.3. The minimum atomic E-state index is -1.03. The second-order valence-electron chi connectivity index (χ2n) is 9.41. The molecular formula is C31H27F2N3O4. The second kappa shape index (κ2) is 11.6. The number of imidazole rings is 1. The van der Waals surface area contributed by atoms with Crippen LogP contribution in [0, 0.1) is 18.6 Å². The van der Waals surface area contributed by atoms with Gasteiger partial charge in [0.25, 0.3) is 0 Å². The third kappa shape index (κ3) is 5.84. The van der Waals surface area contributed by atoms with E-state index >= 15 is 4.39 Å². The van der Waals surface area contributed by atoms with Gasteiger partial charge in [-0.3, -0.25) is 0 Å². The standard InChI is InChI=1S/C31H27F2N3O4/c1-19-6-7-23(24(32)14-19)18-40-30-5-3-4-26(35-30)21-9-8-20(25(33)15-21)17-29-34-27-11-10-22(31(37)38)16-28(27)36(29)12-13-39-2/h3-11,14-16H,12-13,17-18H2,1-2H3,(H,37,38). The van der Waals surface area contributed by atoms with Crippen molar-refractivity contribution in [3.63, 3.8) is 0 Å². The molecule has 0 aliphatic rings. The molecule has 1 N–H and O–H groups in total. The van der Waals surface area contributed by atoms with Gasteiger partial charge in [0.1, 0.15) is 24.1 Å². The van der Waals surface area contributed by atoms with Gasteiger partial charge in [0.2, 0.25) is 5.88 Å². The number of methoxy groups -OCH3 is 1. The summed E-state index contributed by atoms with van der Waals surface area (Å²) in [7, 11) is 1.58. The summed E-state index contributed by atoms with van der Waals surface area (Å²) in [4.78, 5) is 20.6. The molecule has 2 heterocycles. The Hall–Kier alpha value is -4.63. The van der Waals surface area contributed by atoms with Crippen LogP contribution in [-0.4, -0.2) is 39.3 Å². The van der Waals surface area contributed by atoms with Crippen LogP contribution in [0.5, 0.6) is 5.88 Å². The van der Waals surface area contributed by atoms with Gasteiger partial charge in [0.05, 0.1) is 28.9 Å². The number of halogens is 2. The lowest BCUT2D eigenvalue weighted by molar-refractivity contribution is 0.0697. The molecule has 0 fully saturated rings. The number of ether oxygens (including phenoxy) is 2. The quantitative estimate of drug-likeness (QED) is 0.226. The normalized spacial score (nSPS) is 11.2. The van der Waals surface area contributed by atoms with E-state index in [1.165, 1.54) is 18.2 Å². The molecule has 0 spiro atoms. The molecule has 5 aromatic rings. The Morgan fingerprint density at radius 3 is 2.50 bits per heavy atom. The van der Waals surface area contributed by atoms with Crippen LogP contribution in [0.3, 0.4) is 0 Å². The first-order chi connectivity index (χ1) is 19.3. The van der Waals surface area contributed by atoms with Gasteiger partial charge in [-0.15, -0.1) is 0 Å². The number of carboxylic acid groups (broad SMARTS) is 1. The van der Waals surface area contributed by atoms with Crippen LogP contribution in [0.25, 0.3) is 22.3 Å². The number of aromatic carboxylic acids is 1. The molecular weight excluding hydrogens is 516 g/mol. The Labute approximate surface area is 229 Å². The van der Waals surface area contributed by atoms with Crippen LogP contribution < -0.4 is 4.74 Å². The minimum absolute atomic E-state index is 0.0217. The molecule has 2 aromatic heterocycles. The van der Waals surface area contributed by atoms with E-state index in [2.05, 4.69) is 9.97 Å². The van der Waals surface area contributed by atoms with E-state index in [4.69, 9.17) is 9.47 Å². The van der Waals surface area contributed by atoms with Crippen molar-refractivity contribution in [1.82, 2.24) is 14.5 Å². The number of rotatable bonds is 10. The van der Waals surface area contributed by atoms with Crippen LogP contribution >= 0.6 is 0 Å². The van der Waals surface area contributed by atoms with Crippen LogP contribution in [0.4, 0.5) is 8.78 Å². The second-order valence-corrected chi connectivity index (χ2v) is 9.41. The van der Waals surface area contributed by atoms with Gasteiger partial charge in [0.15, 0.2) is 0 Å². The highest BCUT2D eigenvalue weighted by Crippen LogP contribution is 2.26. The van der Waals surface area contributed by atoms with Gasteiger partial charge in [-0.1, -0.05) is 30.3 Å². The Morgan fingerprint density at radius 1 is 0.950 bits per heavy atom. The van der Waals surface area contributed by atoms with Crippen molar-refractivity contribution in [3.8, 4) is 17.1 Å². The third-order valence-electron chi connectivity index (χ3n) is 6.60. The lowest BCUT2D eigenvalue weighted by Crippen LogP contribution is -2.10. The highest BCUT2D eigenvalue weighted by molar-refractivity contribution is 5.92. The minimum Gasteiger partial charge on any atom is -0.478 e. The van der Waals surface area contributed by atoms with Crippen LogP contribution in [0.1, 0.15) is 32.9 Å². The van der Waals surface area contributed by atoms with Crippen molar-refractivity contribution >= 4 is 17.0 Å². The number of benzene rings is 3. The summed E-state index contributed by atoms with van der Waals surface area (Å²) in [5.74, 6) is -0.904. The number of hydrogen-bond donors (Lipinski definition) is 1. The molecule has 0 aliphatic carbocycles. The van der Waals surface area contributed by atoms with Gasteiger partial charge in [-0.2, -0.15) is 0 Å². The average molecular weight is 544 g/mol. The molecule has 0 aliphatic heterocycles. The number of nitrogens with zero attached hydrogens (tertiary/aromatic N) is 3. The van der Waals surface area contributed by atoms with E-state index in [-0.39, 0.29) is 24.4 Å². The van der Waals surface area contributed by atoms with Crippen molar-refractivity contribution in [3.05, 3.63) is 113 Å². The number of fused-ring (bicyclic) bond motifs is 1. The first-order valence-electron chi connectivity index (χ1n) is 12.7. The lowest BCUT2D eigenvalue weighted by Gasteiger charge is -2.11. The number of hydrogen-bond acceptors (Lipinski definition) is 5. The molecule has 0 saturated carbocycles. The smallest absolute Gasteiger partial charge is 0.335 e. The van der Waals surface area contributed by atoms with E-state index in [1.807, 2.05) is 17.6 Å². The summed E-state index contributed by atoms with van der Waals surface area (Å²) in [5, 5.41) is 9.40. The zero-order chi connectivity index (χ0) is 28.2. The number of aryl methyl sites for hydroxylation is 1. The van der Waals surface area contributed by atoms with Crippen LogP contribution in [0.15, 0.2) is 72.8 Å². The third-order valence-corrected chi connectivity index (χ3v) is 6.60. The number of carbonyl (C=O) groups is 1. The van der Waals surface area contributed by atoms with Gasteiger partial charge in [-0.25, -0.2) is 23.5 Å². The lowest BCUT2D eigenvalue weighted by atomic mass is 10.1. The molecule has 0 saturated heterocycles. The summed E-state index contributed by atoms with van der Waals surface area (Å²) >= 11 is 0. The fourth-order valence-corrected chi connectivity index (χ4v) is 4.47. The summed E-state index contributed by atoms with van der Waals surface area (Å²) in [6, 6.07) is 19.7. The van der Waals surface area contributed by atoms with Crippen LogP contribution in [-0.2, 0) is 24.3 Å². The van der Waals surface area contributed by atoms with Crippen molar-refractivity contribution in [2.45, 2.75) is 26.5 Å². The van der Waals surface area contributed by atoms with E-state index in [9.17, 15) is 14.3 Å². The average Bonchev–Trinajstić information content (AvgIpc) is 3.28. The first kappa shape index (κ1) is 27.0. The van der Waals surface area contributed by atoms with Crippen molar-refractivity contribution in [2.75, 3.05) is 13.7 Å². The fourth-order valence-electron chi connectivity index (χ4n) is 4.47. The maximum atomic E-state index is 15.3. The predicted molar refractivity (Wildman–Crippen MR) is 146 cm³/mol. The Morgan fingerprint density at radius 2 is 1.75 bits per heavy atom. The molecule has 0 radical (unpaired) electrons. The zero-order valence-corrected chi connectivity index (χ0v) is 22.0. The fraction of sp³-hybridized carbons (Fsp3) is 0.194. The number of pyridine rings is 1. The van der Waals surface area contributed by atoms with Gasteiger partial charge < -0.3 is 19.1 Å². The van der Waals surface area contributed by atoms with E-state index in [0.717, 1.165) is 5.56 Å². The first-order valence-corrected chi connectivity index (χ1v) is 12.7. The SMILES string of the molecule is COCCn1c(Cc2ccc(-c3cccc(OCc4ccc(C)cc4F)n3)cc2F)nc2ccc(C(=O)O)cc21. The largest absolute Gasteiger partial charge is 0.478 e. The molecule has 9 heteroatoms. The molecule has 0 unspecified atom stereocenters. The maximum absolute atomic E-state index is 15.3. The summed E-state index contributed by atoms with van der Waals surface area (Å²) in [6.07, 6.45) is 0.200. The van der Waals surface area contributed by atoms with E-state index in [1.54, 1.807) is 55.6 Å². The Kier molecular flexibility index (Phi) is 7.84. The predicted octanol–water partition coefficient (Wildman–Crippen LogP) is 6.20. The highest BCUT2D eigenvalue weighted by Gasteiger charge is 2.16. The van der Waals surface area contributed by atoms with E-state index in [0.29, 0.717) is 58.3 Å². The van der Waals surface area contributed by atoms with E-state index < -0.39 is 11.8 Å². The molecule has 0 amide bonds. The number of aromatic nitrogens is 3. The molecule has 7 nitrogen and oxygen atoms in total. The molecule has 40 heavy (non-hydrogen) atoms. The van der Waals surface area contributed by atoms with Gasteiger partial charge >= 0.3 is 5.97 Å². The molecule has 0 atom stereocenters. The molecule has 5 rings (SSSR count). The van der Waals surface area contributed by atoms with Gasteiger partial charge in [-0.05, 0) is 54.4 Å². The molecule has 204 valence electrons. The van der Waals surface area contributed by atoms with Crippen molar-refractivity contribution in [2.24, 2.45) is 0 Å². The number of carboxylic acids is 1. The van der Waals surface area contributed by atoms with Gasteiger partial charge in [0, 0.05) is 37.3 Å². The highest BCUT2D eigenvalue weighted by atomic mass is 19.1. The topological polar surface area (TPSA) is 86.5 Å². The van der Waals surface area contributed by atoms with Crippen molar-refractivity contribution in [1.29, 1.82) is 0 Å². The molecule has 0 bridgehead atoms. The zero-order valence-electron chi connectivity index (χ0n) is 22.0. The van der Waals surface area contributed by atoms with Crippen LogP contribution in [0.2, 0.25) is 0 Å². The summed E-state index contributed by atoms with van der Waals surface area (Å²) in [6.45, 7) is 2.66. The summed E-state index contributed by atoms with van der Waals surface area (Å²) in [5.41, 5.74) is 4.17.